The van der Waals surface area contributed by atoms with Crippen LogP contribution in [-0.4, -0.2) is 52.7 Å². The first-order valence-electron chi connectivity index (χ1n) is 8.49. The van der Waals surface area contributed by atoms with E-state index in [4.69, 9.17) is 0 Å². The maximum atomic E-state index is 12.7. The Bertz CT molecular complexity index is 894. The van der Waals surface area contributed by atoms with Crippen molar-refractivity contribution in [2.45, 2.75) is 31.5 Å². The molecule has 1 unspecified atom stereocenters. The van der Waals surface area contributed by atoms with E-state index in [0.717, 1.165) is 43.8 Å². The molecule has 0 N–H and O–H groups in total. The number of nitrogens with zero attached hydrogens (tertiary/aromatic N) is 3. The number of carbonyl (C=O) groups is 1. The van der Waals surface area contributed by atoms with Gasteiger partial charge in [0.2, 0.25) is 0 Å². The number of halogens is 3. The fraction of sp³-hybridized carbons (Fsp3) is 0.500. The van der Waals surface area contributed by atoms with Crippen molar-refractivity contribution in [3.05, 3.63) is 31.2 Å². The van der Waals surface area contributed by atoms with Gasteiger partial charge >= 0.3 is 0 Å². The summed E-state index contributed by atoms with van der Waals surface area (Å²) in [6.07, 6.45) is 3.23. The lowest BCUT2D eigenvalue weighted by Crippen LogP contribution is -2.53. The lowest BCUT2D eigenvalue weighted by molar-refractivity contribution is -0.933. The number of benzene rings is 1. The van der Waals surface area contributed by atoms with Crippen LogP contribution in [0.3, 0.4) is 0 Å². The van der Waals surface area contributed by atoms with Crippen molar-refractivity contribution >= 4 is 64.6 Å². The molecule has 3 atom stereocenters. The maximum Gasteiger partial charge on any atom is 0.285 e. The molecule has 134 valence electrons. The number of fused-ring (bicyclic) bond motifs is 2. The first-order chi connectivity index (χ1) is 11.8. The van der Waals surface area contributed by atoms with Gasteiger partial charge in [-0.2, -0.15) is 0 Å². The normalized spacial score (nSPS) is 29.0. The van der Waals surface area contributed by atoms with Crippen molar-refractivity contribution in [1.82, 2.24) is 9.47 Å². The fourth-order valence-electron chi connectivity index (χ4n) is 4.83. The zero-order valence-electron chi connectivity index (χ0n) is 14.5. The second-order valence-corrected chi connectivity index (χ2v) is 9.85. The van der Waals surface area contributed by atoms with Crippen molar-refractivity contribution in [2.24, 2.45) is 7.05 Å². The van der Waals surface area contributed by atoms with Gasteiger partial charge < -0.3 is 4.57 Å². The van der Waals surface area contributed by atoms with E-state index in [1.165, 1.54) is 16.5 Å². The standard InChI is InChI=1S/C18H21Br3N3O/c1-22-14(24(3)8-4-5-13(24)18(22)25)9-11-10-6-7-12(19)15(20)16(10)23(2)17(11)21/h6-7,13-14H,4-5,8-9H2,1-3H3/q+1/t13-,14-,24?/m0/s1. The monoisotopic (exact) mass is 532 g/mol. The van der Waals surface area contributed by atoms with E-state index in [1.54, 1.807) is 0 Å². The van der Waals surface area contributed by atoms with Crippen LogP contribution in [0.15, 0.2) is 25.7 Å². The Kier molecular flexibility index (Phi) is 4.38. The van der Waals surface area contributed by atoms with Crippen LogP contribution in [0.4, 0.5) is 0 Å². The summed E-state index contributed by atoms with van der Waals surface area (Å²) in [4.78, 5) is 14.7. The van der Waals surface area contributed by atoms with Crippen molar-refractivity contribution in [1.29, 1.82) is 0 Å². The molecular formula is C18H21Br3N3O+. The van der Waals surface area contributed by atoms with E-state index >= 15 is 0 Å². The molecule has 0 saturated carbocycles. The zero-order valence-corrected chi connectivity index (χ0v) is 19.3. The Morgan fingerprint density at radius 1 is 1.24 bits per heavy atom. The Balaban J connectivity index is 1.83. The van der Waals surface area contributed by atoms with Crippen LogP contribution >= 0.6 is 47.8 Å². The highest BCUT2D eigenvalue weighted by atomic mass is 79.9. The van der Waals surface area contributed by atoms with E-state index in [0.29, 0.717) is 5.91 Å². The van der Waals surface area contributed by atoms with Crippen LogP contribution in [0, 0.1) is 0 Å². The van der Waals surface area contributed by atoms with E-state index in [1.807, 2.05) is 11.9 Å². The maximum absolute atomic E-state index is 12.7. The van der Waals surface area contributed by atoms with Gasteiger partial charge in [0.05, 0.1) is 28.2 Å². The molecule has 1 amide bonds. The highest BCUT2D eigenvalue weighted by Gasteiger charge is 2.57. The van der Waals surface area contributed by atoms with Crippen molar-refractivity contribution in [3.63, 3.8) is 0 Å². The molecule has 0 bridgehead atoms. The number of likely N-dealkylation sites (N-methyl/N-ethyl adjacent to an activating group) is 2. The number of amides is 1. The number of aryl methyl sites for hydroxylation is 1. The molecule has 4 nitrogen and oxygen atoms in total. The third kappa shape index (κ3) is 2.42. The lowest BCUT2D eigenvalue weighted by atomic mass is 10.1. The van der Waals surface area contributed by atoms with Gasteiger partial charge in [0, 0.05) is 48.8 Å². The molecule has 7 heteroatoms. The average Bonchev–Trinajstić information content (AvgIpc) is 3.13. The Labute approximate surface area is 173 Å². The number of aromatic nitrogens is 1. The molecule has 2 aliphatic heterocycles. The summed E-state index contributed by atoms with van der Waals surface area (Å²) in [6, 6.07) is 4.40. The summed E-state index contributed by atoms with van der Waals surface area (Å²) in [5.41, 5.74) is 2.45. The van der Waals surface area contributed by atoms with Gasteiger partial charge in [-0.25, -0.2) is 0 Å². The molecule has 3 heterocycles. The summed E-state index contributed by atoms with van der Waals surface area (Å²) in [5, 5.41) is 1.24. The van der Waals surface area contributed by atoms with Crippen molar-refractivity contribution in [2.75, 3.05) is 20.6 Å². The summed E-state index contributed by atoms with van der Waals surface area (Å²) in [6.45, 7) is 1.09. The average molecular weight is 535 g/mol. The molecule has 0 spiro atoms. The van der Waals surface area contributed by atoms with E-state index in [2.05, 4.69) is 78.6 Å². The number of hydrogen-bond donors (Lipinski definition) is 0. The minimum Gasteiger partial charge on any atom is -0.337 e. The fourth-order valence-corrected chi connectivity index (χ4v) is 6.32. The van der Waals surface area contributed by atoms with Crippen LogP contribution in [0.25, 0.3) is 10.9 Å². The second kappa shape index (κ2) is 6.08. The molecule has 0 radical (unpaired) electrons. The second-order valence-electron chi connectivity index (χ2n) is 7.45. The molecule has 4 rings (SSSR count). The molecular weight excluding hydrogens is 514 g/mol. The predicted octanol–water partition coefficient (Wildman–Crippen LogP) is 4.42. The Morgan fingerprint density at radius 3 is 2.68 bits per heavy atom. The molecule has 1 aromatic heterocycles. The van der Waals surface area contributed by atoms with Gasteiger partial charge in [0.1, 0.15) is 0 Å². The Morgan fingerprint density at radius 2 is 1.96 bits per heavy atom. The number of rotatable bonds is 2. The molecule has 2 fully saturated rings. The van der Waals surface area contributed by atoms with Crippen LogP contribution in [0.2, 0.25) is 0 Å². The number of carbonyl (C=O) groups excluding carboxylic acids is 1. The summed E-state index contributed by atoms with van der Waals surface area (Å²) < 4.78 is 6.24. The topological polar surface area (TPSA) is 25.2 Å². The van der Waals surface area contributed by atoms with Crippen LogP contribution < -0.4 is 0 Å². The molecule has 1 aromatic carbocycles. The molecule has 25 heavy (non-hydrogen) atoms. The van der Waals surface area contributed by atoms with Crippen LogP contribution in [0.1, 0.15) is 18.4 Å². The van der Waals surface area contributed by atoms with Crippen LogP contribution in [0.5, 0.6) is 0 Å². The SMILES string of the molecule is CN1C(=O)[C@@H]2CCC[N+]2(C)[C@H]1Cc1c(Br)n(C)c2c(Br)c(Br)ccc12. The quantitative estimate of drug-likeness (QED) is 0.524. The van der Waals surface area contributed by atoms with E-state index in [-0.39, 0.29) is 12.2 Å². The zero-order chi connectivity index (χ0) is 18.1. The number of quaternary nitrogens is 1. The third-order valence-corrected chi connectivity index (χ3v) is 9.26. The van der Waals surface area contributed by atoms with Gasteiger partial charge in [-0.15, -0.1) is 0 Å². The minimum atomic E-state index is 0.143. The Hall–Kier alpha value is -0.370. The molecule has 2 saturated heterocycles. The van der Waals surface area contributed by atoms with Gasteiger partial charge in [0.15, 0.2) is 12.2 Å². The number of hydrogen-bond acceptors (Lipinski definition) is 1. The van der Waals surface area contributed by atoms with Gasteiger partial charge in [0.25, 0.3) is 5.91 Å². The first-order valence-corrected chi connectivity index (χ1v) is 10.9. The van der Waals surface area contributed by atoms with Gasteiger partial charge in [-0.05, 0) is 53.9 Å². The van der Waals surface area contributed by atoms with Crippen molar-refractivity contribution < 1.29 is 9.28 Å². The minimum absolute atomic E-state index is 0.143. The first kappa shape index (κ1) is 18.0. The highest BCUT2D eigenvalue weighted by Crippen LogP contribution is 2.42. The smallest absolute Gasteiger partial charge is 0.285 e. The summed E-state index contributed by atoms with van der Waals surface area (Å²) >= 11 is 11.1. The third-order valence-electron chi connectivity index (χ3n) is 6.25. The predicted molar refractivity (Wildman–Crippen MR) is 110 cm³/mol. The largest absolute Gasteiger partial charge is 0.337 e. The highest BCUT2D eigenvalue weighted by molar-refractivity contribution is 9.13. The van der Waals surface area contributed by atoms with Crippen molar-refractivity contribution in [3.8, 4) is 0 Å². The lowest BCUT2D eigenvalue weighted by Gasteiger charge is -2.36. The molecule has 0 aliphatic carbocycles. The van der Waals surface area contributed by atoms with Crippen LogP contribution in [-0.2, 0) is 18.3 Å². The summed E-state index contributed by atoms with van der Waals surface area (Å²) in [5.74, 6) is 0.310. The van der Waals surface area contributed by atoms with Gasteiger partial charge in [-0.3, -0.25) is 14.2 Å². The molecule has 2 aliphatic rings. The van der Waals surface area contributed by atoms with E-state index in [9.17, 15) is 4.79 Å². The molecule has 2 aromatic rings. The van der Waals surface area contributed by atoms with E-state index < -0.39 is 0 Å². The van der Waals surface area contributed by atoms with Gasteiger partial charge in [-0.1, -0.05) is 6.07 Å². The summed E-state index contributed by atoms with van der Waals surface area (Å²) in [7, 11) is 6.31.